The SMILES string of the molecule is O=C(O)N(CC1CCC(c2ccccc2)CC1)c1ccc(F)cc1. The number of amides is 1. The van der Waals surface area contributed by atoms with E-state index >= 15 is 0 Å². The Hall–Kier alpha value is -2.36. The summed E-state index contributed by atoms with van der Waals surface area (Å²) in [5.74, 6) is 0.574. The van der Waals surface area contributed by atoms with Crippen molar-refractivity contribution in [3.63, 3.8) is 0 Å². The van der Waals surface area contributed by atoms with Crippen molar-refractivity contribution in [3.05, 3.63) is 66.0 Å². The van der Waals surface area contributed by atoms with E-state index in [-0.39, 0.29) is 5.82 Å². The van der Waals surface area contributed by atoms with Gasteiger partial charge in [-0.15, -0.1) is 0 Å². The fourth-order valence-corrected chi connectivity index (χ4v) is 3.58. The molecule has 0 aromatic heterocycles. The molecule has 2 aromatic rings. The number of anilines is 1. The first-order valence-corrected chi connectivity index (χ1v) is 8.44. The average Bonchev–Trinajstić information content (AvgIpc) is 2.62. The summed E-state index contributed by atoms with van der Waals surface area (Å²) in [6, 6.07) is 16.2. The lowest BCUT2D eigenvalue weighted by Gasteiger charge is -2.32. The monoisotopic (exact) mass is 327 g/mol. The summed E-state index contributed by atoms with van der Waals surface area (Å²) in [7, 11) is 0. The first-order chi connectivity index (χ1) is 11.6. The number of carbonyl (C=O) groups is 1. The predicted octanol–water partition coefficient (Wildman–Crippen LogP) is 5.28. The molecule has 1 fully saturated rings. The molecule has 3 rings (SSSR count). The van der Waals surface area contributed by atoms with Crippen LogP contribution in [-0.2, 0) is 0 Å². The Morgan fingerprint density at radius 2 is 1.62 bits per heavy atom. The van der Waals surface area contributed by atoms with Crippen LogP contribution in [0.15, 0.2) is 54.6 Å². The van der Waals surface area contributed by atoms with E-state index in [4.69, 9.17) is 0 Å². The third-order valence-corrected chi connectivity index (χ3v) is 4.93. The minimum Gasteiger partial charge on any atom is -0.465 e. The van der Waals surface area contributed by atoms with Crippen molar-refractivity contribution in [2.45, 2.75) is 31.6 Å². The van der Waals surface area contributed by atoms with Crippen molar-refractivity contribution in [3.8, 4) is 0 Å². The Labute approximate surface area is 141 Å². The highest BCUT2D eigenvalue weighted by Gasteiger charge is 2.26. The van der Waals surface area contributed by atoms with Crippen LogP contribution >= 0.6 is 0 Å². The average molecular weight is 327 g/mol. The largest absolute Gasteiger partial charge is 0.465 e. The number of benzene rings is 2. The van der Waals surface area contributed by atoms with E-state index in [1.807, 2.05) is 6.07 Å². The van der Waals surface area contributed by atoms with Crippen LogP contribution in [0.5, 0.6) is 0 Å². The van der Waals surface area contributed by atoms with Gasteiger partial charge in [-0.05, 0) is 67.3 Å². The van der Waals surface area contributed by atoms with Gasteiger partial charge >= 0.3 is 6.09 Å². The summed E-state index contributed by atoms with van der Waals surface area (Å²) in [4.78, 5) is 12.9. The lowest BCUT2D eigenvalue weighted by molar-refractivity contribution is 0.198. The molecule has 1 amide bonds. The number of hydrogen-bond donors (Lipinski definition) is 1. The number of carboxylic acid groups (broad SMARTS) is 1. The molecule has 1 aliphatic rings. The van der Waals surface area contributed by atoms with E-state index in [2.05, 4.69) is 24.3 Å². The Bertz CT molecular complexity index is 664. The molecule has 1 saturated carbocycles. The molecule has 1 N–H and O–H groups in total. The van der Waals surface area contributed by atoms with Crippen molar-refractivity contribution in [2.24, 2.45) is 5.92 Å². The van der Waals surface area contributed by atoms with Crippen molar-refractivity contribution >= 4 is 11.8 Å². The first kappa shape index (κ1) is 16.5. The lowest BCUT2D eigenvalue weighted by Crippen LogP contribution is -2.35. The highest BCUT2D eigenvalue weighted by molar-refractivity contribution is 5.85. The maximum absolute atomic E-state index is 13.0. The third kappa shape index (κ3) is 3.94. The molecule has 0 unspecified atom stereocenters. The summed E-state index contributed by atoms with van der Waals surface area (Å²) in [5.41, 5.74) is 1.92. The normalized spacial score (nSPS) is 20.5. The van der Waals surface area contributed by atoms with Crippen LogP contribution in [0.25, 0.3) is 0 Å². The second-order valence-corrected chi connectivity index (χ2v) is 6.50. The summed E-state index contributed by atoms with van der Waals surface area (Å²) in [6.07, 6.45) is 3.23. The highest BCUT2D eigenvalue weighted by Crippen LogP contribution is 2.36. The van der Waals surface area contributed by atoms with Gasteiger partial charge in [-0.1, -0.05) is 30.3 Å². The molecule has 126 valence electrons. The zero-order valence-electron chi connectivity index (χ0n) is 13.6. The second-order valence-electron chi connectivity index (χ2n) is 6.50. The number of nitrogens with zero attached hydrogens (tertiary/aromatic N) is 1. The van der Waals surface area contributed by atoms with E-state index in [0.29, 0.717) is 24.1 Å². The Morgan fingerprint density at radius 3 is 2.21 bits per heavy atom. The molecule has 0 saturated heterocycles. The lowest BCUT2D eigenvalue weighted by atomic mass is 9.78. The zero-order valence-corrected chi connectivity index (χ0v) is 13.6. The van der Waals surface area contributed by atoms with Crippen LogP contribution in [0, 0.1) is 11.7 Å². The number of rotatable bonds is 4. The van der Waals surface area contributed by atoms with Gasteiger partial charge in [-0.25, -0.2) is 9.18 Å². The molecule has 24 heavy (non-hydrogen) atoms. The molecule has 0 bridgehead atoms. The standard InChI is InChI=1S/C20H22FNO2/c21-18-10-12-19(13-11-18)22(20(23)24)14-15-6-8-17(9-7-15)16-4-2-1-3-5-16/h1-5,10-13,15,17H,6-9,14H2,(H,23,24). The summed E-state index contributed by atoms with van der Waals surface area (Å²) in [5, 5.41) is 9.49. The topological polar surface area (TPSA) is 40.5 Å². The second kappa shape index (κ2) is 7.47. The molecule has 4 heteroatoms. The van der Waals surface area contributed by atoms with Gasteiger partial charge in [0.25, 0.3) is 0 Å². The fraction of sp³-hybridized carbons (Fsp3) is 0.350. The molecule has 2 aromatic carbocycles. The first-order valence-electron chi connectivity index (χ1n) is 8.44. The number of halogens is 1. The molecule has 0 aliphatic heterocycles. The van der Waals surface area contributed by atoms with Gasteiger partial charge < -0.3 is 5.11 Å². The number of hydrogen-bond acceptors (Lipinski definition) is 1. The van der Waals surface area contributed by atoms with Gasteiger partial charge in [-0.3, -0.25) is 4.90 Å². The minimum absolute atomic E-state index is 0.353. The molecule has 1 aliphatic carbocycles. The van der Waals surface area contributed by atoms with E-state index in [1.54, 1.807) is 0 Å². The molecule has 0 spiro atoms. The van der Waals surface area contributed by atoms with Gasteiger partial charge in [-0.2, -0.15) is 0 Å². The van der Waals surface area contributed by atoms with Crippen LogP contribution in [0.1, 0.15) is 37.2 Å². The van der Waals surface area contributed by atoms with E-state index in [1.165, 1.54) is 34.7 Å². The van der Waals surface area contributed by atoms with E-state index in [9.17, 15) is 14.3 Å². The maximum Gasteiger partial charge on any atom is 0.411 e. The predicted molar refractivity (Wildman–Crippen MR) is 92.9 cm³/mol. The van der Waals surface area contributed by atoms with E-state index in [0.717, 1.165) is 25.7 Å². The van der Waals surface area contributed by atoms with Crippen LogP contribution < -0.4 is 4.90 Å². The zero-order chi connectivity index (χ0) is 16.9. The summed E-state index contributed by atoms with van der Waals surface area (Å²) in [6.45, 7) is 0.475. The van der Waals surface area contributed by atoms with Crippen LogP contribution in [-0.4, -0.2) is 17.7 Å². The minimum atomic E-state index is -0.980. The molecular formula is C20H22FNO2. The van der Waals surface area contributed by atoms with Crippen molar-refractivity contribution in [2.75, 3.05) is 11.4 Å². The van der Waals surface area contributed by atoms with Crippen LogP contribution in [0.4, 0.5) is 14.9 Å². The Balaban J connectivity index is 1.61. The van der Waals surface area contributed by atoms with Gasteiger partial charge in [0.05, 0.1) is 0 Å². The third-order valence-electron chi connectivity index (χ3n) is 4.93. The Morgan fingerprint density at radius 1 is 1.00 bits per heavy atom. The Kier molecular flexibility index (Phi) is 5.14. The quantitative estimate of drug-likeness (QED) is 0.829. The molecule has 0 radical (unpaired) electrons. The highest BCUT2D eigenvalue weighted by atomic mass is 19.1. The van der Waals surface area contributed by atoms with E-state index < -0.39 is 6.09 Å². The maximum atomic E-state index is 13.0. The van der Waals surface area contributed by atoms with Crippen LogP contribution in [0.3, 0.4) is 0 Å². The van der Waals surface area contributed by atoms with Crippen molar-refractivity contribution < 1.29 is 14.3 Å². The molecular weight excluding hydrogens is 305 g/mol. The summed E-state index contributed by atoms with van der Waals surface area (Å²) >= 11 is 0. The van der Waals surface area contributed by atoms with Gasteiger partial charge in [0.1, 0.15) is 5.82 Å². The molecule has 0 heterocycles. The van der Waals surface area contributed by atoms with Gasteiger partial charge in [0, 0.05) is 12.2 Å². The van der Waals surface area contributed by atoms with Crippen molar-refractivity contribution in [1.29, 1.82) is 0 Å². The van der Waals surface area contributed by atoms with Gasteiger partial charge in [0.2, 0.25) is 0 Å². The molecule has 0 atom stereocenters. The van der Waals surface area contributed by atoms with Crippen molar-refractivity contribution in [1.82, 2.24) is 0 Å². The smallest absolute Gasteiger partial charge is 0.411 e. The summed E-state index contributed by atoms with van der Waals surface area (Å²) < 4.78 is 13.0. The molecule has 3 nitrogen and oxygen atoms in total. The van der Waals surface area contributed by atoms with Gasteiger partial charge in [0.15, 0.2) is 0 Å². The van der Waals surface area contributed by atoms with Crippen LogP contribution in [0.2, 0.25) is 0 Å². The fourth-order valence-electron chi connectivity index (χ4n) is 3.58.